The fraction of sp³-hybridized carbons (Fsp3) is 0.269. The van der Waals surface area contributed by atoms with Crippen molar-refractivity contribution in [2.75, 3.05) is 18.0 Å². The number of para-hydroxylation sites is 1. The molecule has 0 aromatic heterocycles. The largest absolute Gasteiger partial charge is 0.311 e. The van der Waals surface area contributed by atoms with Gasteiger partial charge in [-0.25, -0.2) is 10.4 Å². The normalized spacial score (nSPS) is 21.9. The molecule has 3 aromatic rings. The van der Waals surface area contributed by atoms with E-state index in [1.54, 1.807) is 16.2 Å². The standard InChI is InChI=1S/C26H25N5O2/c32-25(29-14-6-10-19-8-2-4-13-23(19)29)16-30-26(33)24-15-22(28-31(24)17-27-30)21-12-5-9-18-7-1-3-11-20(18)21/h1-5,7-9,11-13,17,22,24,28H,6,10,14-16H2. The van der Waals surface area contributed by atoms with Crippen molar-refractivity contribution in [3.05, 3.63) is 77.9 Å². The Morgan fingerprint density at radius 3 is 2.79 bits per heavy atom. The van der Waals surface area contributed by atoms with Gasteiger partial charge in [0, 0.05) is 12.2 Å². The molecule has 33 heavy (non-hydrogen) atoms. The zero-order chi connectivity index (χ0) is 22.4. The van der Waals surface area contributed by atoms with E-state index >= 15 is 0 Å². The topological polar surface area (TPSA) is 68.2 Å². The highest BCUT2D eigenvalue weighted by molar-refractivity contribution is 5.99. The van der Waals surface area contributed by atoms with E-state index in [1.165, 1.54) is 21.3 Å². The monoisotopic (exact) mass is 439 g/mol. The maximum Gasteiger partial charge on any atom is 0.267 e. The van der Waals surface area contributed by atoms with Crippen molar-refractivity contribution in [2.45, 2.75) is 31.3 Å². The van der Waals surface area contributed by atoms with Crippen molar-refractivity contribution in [2.24, 2.45) is 5.10 Å². The molecule has 2 atom stereocenters. The molecule has 2 amide bonds. The molecule has 0 radical (unpaired) electrons. The number of hydrazine groups is 1. The molecule has 166 valence electrons. The average Bonchev–Trinajstić information content (AvgIpc) is 3.30. The average molecular weight is 440 g/mol. The van der Waals surface area contributed by atoms with E-state index in [4.69, 9.17) is 0 Å². The van der Waals surface area contributed by atoms with Crippen molar-refractivity contribution in [1.82, 2.24) is 15.4 Å². The molecule has 3 aliphatic rings. The van der Waals surface area contributed by atoms with Crippen LogP contribution in [0.15, 0.2) is 71.8 Å². The molecule has 3 aromatic carbocycles. The molecular weight excluding hydrogens is 414 g/mol. The first-order valence-electron chi connectivity index (χ1n) is 11.4. The summed E-state index contributed by atoms with van der Waals surface area (Å²) in [5, 5.41) is 9.77. The predicted octanol–water partition coefficient (Wildman–Crippen LogP) is 3.22. The van der Waals surface area contributed by atoms with Gasteiger partial charge in [0.15, 0.2) is 0 Å². The number of aryl methyl sites for hydroxylation is 1. The molecule has 0 spiro atoms. The van der Waals surface area contributed by atoms with Gasteiger partial charge >= 0.3 is 0 Å². The van der Waals surface area contributed by atoms with Crippen molar-refractivity contribution in [3.8, 4) is 0 Å². The highest BCUT2D eigenvalue weighted by Gasteiger charge is 2.42. The molecule has 1 N–H and O–H groups in total. The molecule has 2 unspecified atom stereocenters. The Morgan fingerprint density at radius 2 is 1.85 bits per heavy atom. The molecule has 3 aliphatic heterocycles. The summed E-state index contributed by atoms with van der Waals surface area (Å²) in [5.41, 5.74) is 6.71. The van der Waals surface area contributed by atoms with Gasteiger partial charge in [0.2, 0.25) is 5.91 Å². The molecule has 7 nitrogen and oxygen atoms in total. The highest BCUT2D eigenvalue weighted by atomic mass is 16.2. The Bertz CT molecular complexity index is 1270. The van der Waals surface area contributed by atoms with Gasteiger partial charge in [-0.15, -0.1) is 0 Å². The number of anilines is 1. The Morgan fingerprint density at radius 1 is 1.03 bits per heavy atom. The first-order valence-corrected chi connectivity index (χ1v) is 11.4. The van der Waals surface area contributed by atoms with E-state index in [9.17, 15) is 9.59 Å². The summed E-state index contributed by atoms with van der Waals surface area (Å²) in [6, 6.07) is 22.1. The van der Waals surface area contributed by atoms with E-state index in [-0.39, 0.29) is 30.4 Å². The van der Waals surface area contributed by atoms with Crippen LogP contribution in [0.4, 0.5) is 5.69 Å². The summed E-state index contributed by atoms with van der Waals surface area (Å²) >= 11 is 0. The molecular formula is C26H25N5O2. The van der Waals surface area contributed by atoms with E-state index in [1.807, 2.05) is 36.4 Å². The van der Waals surface area contributed by atoms with Crippen LogP contribution in [0.25, 0.3) is 10.8 Å². The second-order valence-corrected chi connectivity index (χ2v) is 8.81. The van der Waals surface area contributed by atoms with Crippen molar-refractivity contribution >= 4 is 34.6 Å². The lowest BCUT2D eigenvalue weighted by atomic mass is 9.96. The van der Waals surface area contributed by atoms with Crippen molar-refractivity contribution in [1.29, 1.82) is 0 Å². The van der Waals surface area contributed by atoms with Crippen LogP contribution in [0.3, 0.4) is 0 Å². The maximum atomic E-state index is 13.3. The van der Waals surface area contributed by atoms with Crippen LogP contribution in [0.5, 0.6) is 0 Å². The Hall–Kier alpha value is -3.71. The smallest absolute Gasteiger partial charge is 0.267 e. The first kappa shape index (κ1) is 19.9. The third-order valence-electron chi connectivity index (χ3n) is 6.85. The lowest BCUT2D eigenvalue weighted by Crippen LogP contribution is -2.53. The summed E-state index contributed by atoms with van der Waals surface area (Å²) < 4.78 is 0. The number of carbonyl (C=O) groups is 2. The van der Waals surface area contributed by atoms with Crippen LogP contribution >= 0.6 is 0 Å². The fourth-order valence-electron chi connectivity index (χ4n) is 5.22. The van der Waals surface area contributed by atoms with E-state index in [0.29, 0.717) is 13.0 Å². The van der Waals surface area contributed by atoms with Gasteiger partial charge in [-0.1, -0.05) is 60.7 Å². The quantitative estimate of drug-likeness (QED) is 0.681. The van der Waals surface area contributed by atoms with Gasteiger partial charge in [-0.3, -0.25) is 14.6 Å². The van der Waals surface area contributed by atoms with Gasteiger partial charge in [0.25, 0.3) is 5.91 Å². The van der Waals surface area contributed by atoms with Gasteiger partial charge in [-0.05, 0) is 47.2 Å². The molecule has 3 heterocycles. The van der Waals surface area contributed by atoms with E-state index < -0.39 is 0 Å². The Kier molecular flexibility index (Phi) is 4.84. The van der Waals surface area contributed by atoms with Crippen LogP contribution in [0.2, 0.25) is 0 Å². The van der Waals surface area contributed by atoms with Crippen LogP contribution in [0.1, 0.15) is 30.0 Å². The molecule has 1 fully saturated rings. The van der Waals surface area contributed by atoms with Crippen LogP contribution in [0, 0.1) is 0 Å². The molecule has 0 saturated carbocycles. The van der Waals surface area contributed by atoms with E-state index in [2.05, 4.69) is 40.9 Å². The fourth-order valence-corrected chi connectivity index (χ4v) is 5.22. The number of hydrogen-bond acceptors (Lipinski definition) is 5. The van der Waals surface area contributed by atoms with Crippen LogP contribution in [-0.2, 0) is 16.0 Å². The number of hydrogen-bond donors (Lipinski definition) is 1. The summed E-state index contributed by atoms with van der Waals surface area (Å²) in [6.07, 6.45) is 4.15. The summed E-state index contributed by atoms with van der Waals surface area (Å²) in [4.78, 5) is 28.2. The molecule has 7 heteroatoms. The second kappa shape index (κ2) is 8.01. The number of rotatable bonds is 3. The van der Waals surface area contributed by atoms with Gasteiger partial charge in [0.1, 0.15) is 18.9 Å². The summed E-state index contributed by atoms with van der Waals surface area (Å²) in [7, 11) is 0. The number of nitrogens with one attached hydrogen (secondary N) is 1. The predicted molar refractivity (Wildman–Crippen MR) is 127 cm³/mol. The summed E-state index contributed by atoms with van der Waals surface area (Å²) in [5.74, 6) is -0.246. The van der Waals surface area contributed by atoms with Gasteiger partial charge in [0.05, 0.1) is 6.04 Å². The van der Waals surface area contributed by atoms with Crippen LogP contribution < -0.4 is 10.3 Å². The van der Waals surface area contributed by atoms with Gasteiger partial charge in [-0.2, -0.15) is 5.10 Å². The first-order chi connectivity index (χ1) is 16.2. The number of amides is 2. The van der Waals surface area contributed by atoms with Gasteiger partial charge < -0.3 is 4.90 Å². The second-order valence-electron chi connectivity index (χ2n) is 8.81. The number of carbonyl (C=O) groups excluding carboxylic acids is 2. The Labute approximate surface area is 192 Å². The number of fused-ring (bicyclic) bond motifs is 3. The lowest BCUT2D eigenvalue weighted by Gasteiger charge is -2.33. The minimum absolute atomic E-state index is 0.00104. The zero-order valence-corrected chi connectivity index (χ0v) is 18.2. The van der Waals surface area contributed by atoms with Crippen molar-refractivity contribution in [3.63, 3.8) is 0 Å². The lowest BCUT2D eigenvalue weighted by molar-refractivity contribution is -0.139. The minimum atomic E-state index is -0.382. The molecule has 6 rings (SSSR count). The molecule has 0 bridgehead atoms. The van der Waals surface area contributed by atoms with E-state index in [0.717, 1.165) is 24.1 Å². The summed E-state index contributed by atoms with van der Waals surface area (Å²) in [6.45, 7) is 0.620. The zero-order valence-electron chi connectivity index (χ0n) is 18.2. The van der Waals surface area contributed by atoms with Crippen LogP contribution in [-0.4, -0.2) is 47.3 Å². The van der Waals surface area contributed by atoms with Crippen molar-refractivity contribution < 1.29 is 9.59 Å². The molecule has 1 saturated heterocycles. The maximum absolute atomic E-state index is 13.3. The molecule has 0 aliphatic carbocycles. The number of nitrogens with zero attached hydrogens (tertiary/aromatic N) is 4. The highest BCUT2D eigenvalue weighted by Crippen LogP contribution is 2.34. The third-order valence-corrected chi connectivity index (χ3v) is 6.85. The number of benzene rings is 3. The Balaban J connectivity index is 1.19. The SMILES string of the molecule is O=C1C2CC(c3cccc4ccccc34)NN2C=NN1CC(=O)N1CCCc2ccccc21. The minimum Gasteiger partial charge on any atom is -0.311 e. The number of hydrazone groups is 1. The third kappa shape index (κ3) is 3.45.